The van der Waals surface area contributed by atoms with Crippen molar-refractivity contribution in [2.24, 2.45) is 0 Å². The van der Waals surface area contributed by atoms with E-state index in [0.29, 0.717) is 0 Å². The molecular weight excluding hydrogens is 1700 g/mol. The van der Waals surface area contributed by atoms with Crippen molar-refractivity contribution in [1.82, 2.24) is 0 Å². The molecular formula is C120H99Co2F3N2Si2-2. The van der Waals surface area contributed by atoms with Crippen LogP contribution in [0.1, 0.15) is 102 Å². The largest absolute Gasteiger partial charge is 0.676 e. The summed E-state index contributed by atoms with van der Waals surface area (Å²) in [6.45, 7) is 4.49. The quantitative estimate of drug-likeness (QED) is 0.0478. The molecule has 0 N–H and O–H groups in total. The van der Waals surface area contributed by atoms with E-state index in [1.54, 1.807) is 54.6 Å². The Hall–Kier alpha value is -14.0. The molecule has 0 aromatic heterocycles. The van der Waals surface area contributed by atoms with Crippen LogP contribution in [-0.2, 0) is 33.6 Å². The summed E-state index contributed by atoms with van der Waals surface area (Å²) < 4.78 is 35.7. The zero-order valence-corrected chi connectivity index (χ0v) is 76.0. The Morgan fingerprint density at radius 1 is 0.171 bits per heavy atom. The maximum Gasteiger partial charge on any atom is 0.123 e. The third kappa shape index (κ3) is 23.3. The Bertz CT molecular complexity index is 5460. The van der Waals surface area contributed by atoms with E-state index in [4.69, 9.17) is 9.96 Å². The number of rotatable bonds is 22. The van der Waals surface area contributed by atoms with E-state index < -0.39 is 16.5 Å². The SMILES string of the molecule is Cc1cc(C(c2ccccc2)c2ccccc2)c([N-][Si](c2ccccc2)(c2ccccc2)c2ccccc2)c(C(c2ccccc2)c2ccccc2)c1.Cc1cc(C(c2ccccc2)c2ccccc2)c([N-][Si](c2ccccc2)(c2ccccc2)c2ccccc2)c(C(c2ccccc2)c2ccccc2)c1.Fc1ccccc1.Fc1ccccc1.Fc1ccccc1.[Co].[Co]. The molecule has 0 saturated carbocycles. The zero-order valence-electron chi connectivity index (χ0n) is 71.9. The van der Waals surface area contributed by atoms with E-state index in [-0.39, 0.29) is 74.7 Å². The first-order valence-corrected chi connectivity index (χ1v) is 47.1. The molecule has 129 heavy (non-hydrogen) atoms. The fourth-order valence-corrected chi connectivity index (χ4v) is 25.2. The standard InChI is InChI=1S/2C51H42NSi.3C6H5F.2Co/c2*1-39-37-47(49(40-23-9-2-10-24-40)41-25-11-3-12-26-41)51(48(38-39)50(42-27-13-4-14-28-42)43-29-15-5-16-30-43)52-53(44-31-17-6-18-32-44,45-33-19-7-20-34-45)46-35-21-8-22-36-46;3*7-6-4-2-1-3-5-6;;/h2*2-38,49-50H,1H3;3*1-5H;;/q2*-1;;;;;. The summed E-state index contributed by atoms with van der Waals surface area (Å²) in [5.41, 5.74) is 19.4. The molecule has 19 aromatic rings. The van der Waals surface area contributed by atoms with Gasteiger partial charge in [0, 0.05) is 57.2 Å². The predicted molar refractivity (Wildman–Crippen MR) is 531 cm³/mol. The second-order valence-corrected chi connectivity index (χ2v) is 38.1. The number of aryl methyl sites for hydroxylation is 2. The fraction of sp³-hybridized carbons (Fsp3) is 0.0500. The molecule has 0 spiro atoms. The molecule has 19 aromatic carbocycles. The number of benzene rings is 19. The van der Waals surface area contributed by atoms with Gasteiger partial charge in [0.2, 0.25) is 0 Å². The minimum absolute atomic E-state index is 0. The molecule has 0 saturated heterocycles. The van der Waals surface area contributed by atoms with Gasteiger partial charge in [-0.3, -0.25) is 0 Å². The average Bonchev–Trinajstić information content (AvgIpc) is 0.734. The van der Waals surface area contributed by atoms with Gasteiger partial charge in [-0.1, -0.05) is 568 Å². The first kappa shape index (κ1) is 92.7. The van der Waals surface area contributed by atoms with Gasteiger partial charge in [0.15, 0.2) is 0 Å². The summed E-state index contributed by atoms with van der Waals surface area (Å²) in [5, 5.41) is 7.51. The van der Waals surface area contributed by atoms with Crippen molar-refractivity contribution in [1.29, 1.82) is 0 Å². The van der Waals surface area contributed by atoms with E-state index in [2.05, 4.69) is 463 Å². The molecule has 638 valence electrons. The molecule has 0 aliphatic carbocycles. The number of nitrogens with zero attached hydrogens (tertiary/aromatic N) is 2. The molecule has 2 radical (unpaired) electrons. The summed E-state index contributed by atoms with van der Waals surface area (Å²) in [4.78, 5) is 12.8. The molecule has 0 aliphatic rings. The molecule has 0 amide bonds. The maximum absolute atomic E-state index is 11.9. The van der Waals surface area contributed by atoms with E-state index >= 15 is 0 Å². The van der Waals surface area contributed by atoms with Gasteiger partial charge in [0.25, 0.3) is 0 Å². The molecule has 19 rings (SSSR count). The van der Waals surface area contributed by atoms with Crippen molar-refractivity contribution in [2.75, 3.05) is 0 Å². The van der Waals surface area contributed by atoms with Crippen LogP contribution in [0.5, 0.6) is 0 Å². The molecule has 0 unspecified atom stereocenters. The molecule has 0 bridgehead atoms. The van der Waals surface area contributed by atoms with Crippen molar-refractivity contribution in [2.45, 2.75) is 37.5 Å². The number of hydrogen-bond acceptors (Lipinski definition) is 0. The molecule has 2 nitrogen and oxygen atoms in total. The van der Waals surface area contributed by atoms with Crippen molar-refractivity contribution in [3.8, 4) is 0 Å². The van der Waals surface area contributed by atoms with Crippen LogP contribution < -0.4 is 31.1 Å². The first-order valence-electron chi connectivity index (χ1n) is 43.2. The average molecular weight is 1800 g/mol. The van der Waals surface area contributed by atoms with Crippen molar-refractivity contribution >= 4 is 59.0 Å². The van der Waals surface area contributed by atoms with E-state index in [1.807, 2.05) is 0 Å². The van der Waals surface area contributed by atoms with Gasteiger partial charge in [-0.25, -0.2) is 13.2 Å². The monoisotopic (exact) mass is 1800 g/mol. The number of hydrogen-bond donors (Lipinski definition) is 0. The Kier molecular flexibility index (Phi) is 33.8. The second-order valence-electron chi connectivity index (χ2n) is 31.3. The van der Waals surface area contributed by atoms with E-state index in [9.17, 15) is 13.2 Å². The second kappa shape index (κ2) is 47.0. The fourth-order valence-electron chi connectivity index (χ4n) is 17.2. The van der Waals surface area contributed by atoms with Crippen molar-refractivity contribution in [3.05, 3.63) is 645 Å². The van der Waals surface area contributed by atoms with E-state index in [0.717, 1.165) is 11.4 Å². The number of halogens is 3. The van der Waals surface area contributed by atoms with Crippen LogP contribution in [0.2, 0.25) is 0 Å². The van der Waals surface area contributed by atoms with E-state index in [1.165, 1.54) is 145 Å². The maximum atomic E-state index is 11.9. The van der Waals surface area contributed by atoms with Crippen LogP contribution in [0, 0.1) is 31.3 Å². The third-order valence-electron chi connectivity index (χ3n) is 22.8. The summed E-state index contributed by atoms with van der Waals surface area (Å²) in [6, 6.07) is 187. The summed E-state index contributed by atoms with van der Waals surface area (Å²) in [5.74, 6) is -0.716. The Morgan fingerprint density at radius 2 is 0.287 bits per heavy atom. The minimum atomic E-state index is -3.12. The van der Waals surface area contributed by atoms with Crippen LogP contribution >= 0.6 is 0 Å². The normalized spacial score (nSPS) is 10.8. The molecule has 0 atom stereocenters. The molecule has 0 aliphatic heterocycles. The third-order valence-corrected chi connectivity index (χ3v) is 31.0. The summed E-state index contributed by atoms with van der Waals surface area (Å²) >= 11 is 0. The van der Waals surface area contributed by atoms with Gasteiger partial charge in [-0.15, -0.1) is 11.4 Å². The van der Waals surface area contributed by atoms with Crippen LogP contribution in [0.4, 0.5) is 24.5 Å². The molecule has 0 heterocycles. The van der Waals surface area contributed by atoms with Crippen molar-refractivity contribution in [3.63, 3.8) is 0 Å². The van der Waals surface area contributed by atoms with Crippen LogP contribution in [0.15, 0.2) is 540 Å². The van der Waals surface area contributed by atoms with Crippen LogP contribution in [0.25, 0.3) is 9.96 Å². The smallest absolute Gasteiger partial charge is 0.123 e. The predicted octanol–water partition coefficient (Wildman–Crippen LogP) is 27.5. The van der Waals surface area contributed by atoms with Crippen molar-refractivity contribution < 1.29 is 46.7 Å². The van der Waals surface area contributed by atoms with Crippen LogP contribution in [-0.4, -0.2) is 16.5 Å². The zero-order chi connectivity index (χ0) is 87.1. The van der Waals surface area contributed by atoms with Crippen LogP contribution in [0.3, 0.4) is 0 Å². The summed E-state index contributed by atoms with van der Waals surface area (Å²) in [6.07, 6.45) is 0. The van der Waals surface area contributed by atoms with Gasteiger partial charge >= 0.3 is 0 Å². The Balaban J connectivity index is 0.000000176. The Morgan fingerprint density at radius 3 is 0.403 bits per heavy atom. The molecule has 0 fully saturated rings. The first-order chi connectivity index (χ1) is 62.6. The minimum Gasteiger partial charge on any atom is -0.676 e. The van der Waals surface area contributed by atoms with Gasteiger partial charge < -0.3 is 9.96 Å². The van der Waals surface area contributed by atoms with Gasteiger partial charge in [-0.2, -0.15) is 0 Å². The van der Waals surface area contributed by atoms with Gasteiger partial charge in [0.05, 0.1) is 16.5 Å². The summed E-state index contributed by atoms with van der Waals surface area (Å²) in [7, 11) is -6.23. The van der Waals surface area contributed by atoms with Gasteiger partial charge in [-0.05, 0) is 94.8 Å². The van der Waals surface area contributed by atoms with Gasteiger partial charge in [0.1, 0.15) is 17.5 Å². The molecule has 9 heteroatoms. The Labute approximate surface area is 782 Å². The topological polar surface area (TPSA) is 28.2 Å².